The summed E-state index contributed by atoms with van der Waals surface area (Å²) in [6.45, 7) is 5.81. The molecule has 0 aliphatic carbocycles. The van der Waals surface area contributed by atoms with E-state index in [1.54, 1.807) is 6.92 Å². The number of hydrogen-bond donors (Lipinski definition) is 5. The second kappa shape index (κ2) is 9.27. The minimum Gasteiger partial charge on any atom is -0.478 e. The number of carboxylic acids is 1. The molecule has 0 radical (unpaired) electrons. The summed E-state index contributed by atoms with van der Waals surface area (Å²) in [5, 5.41) is 16.9. The summed E-state index contributed by atoms with van der Waals surface area (Å²) in [4.78, 5) is 10.7. The summed E-state index contributed by atoms with van der Waals surface area (Å²) in [6, 6.07) is 11.8. The first-order chi connectivity index (χ1) is 12.0. The van der Waals surface area contributed by atoms with E-state index in [2.05, 4.69) is 24.5 Å². The van der Waals surface area contributed by atoms with Gasteiger partial charge in [0.05, 0.1) is 16.1 Å². The lowest BCUT2D eigenvalue weighted by atomic mass is 10.2. The summed E-state index contributed by atoms with van der Waals surface area (Å²) in [5.41, 5.74) is 7.06. The number of anilines is 2. The molecule has 2 aromatic rings. The molecule has 0 amide bonds. The Bertz CT molecular complexity index is 898. The molecule has 0 aliphatic heterocycles. The first-order valence-corrected chi connectivity index (χ1v) is 9.33. The van der Waals surface area contributed by atoms with Crippen molar-refractivity contribution in [2.45, 2.75) is 16.7 Å². The van der Waals surface area contributed by atoms with Crippen LogP contribution in [0.1, 0.15) is 17.3 Å². The van der Waals surface area contributed by atoms with Gasteiger partial charge < -0.3 is 16.2 Å². The molecule has 2 aromatic carbocycles. The van der Waals surface area contributed by atoms with E-state index in [0.717, 1.165) is 17.3 Å². The Hall–Kier alpha value is -2.49. The minimum absolute atomic E-state index is 0.0775. The molecule has 6 N–H and O–H groups in total. The zero-order chi connectivity index (χ0) is 19.9. The second-order valence-electron chi connectivity index (χ2n) is 5.44. The lowest BCUT2D eigenvalue weighted by Crippen LogP contribution is -2.15. The first-order valence-electron chi connectivity index (χ1n) is 7.34. The summed E-state index contributed by atoms with van der Waals surface area (Å²) in [5.74, 6) is -1.25. The Morgan fingerprint density at radius 1 is 1.27 bits per heavy atom. The quantitative estimate of drug-likeness (QED) is 0.300. The number of thiol groups is 1. The van der Waals surface area contributed by atoms with Crippen molar-refractivity contribution in [2.24, 2.45) is 5.14 Å². The van der Waals surface area contributed by atoms with Crippen LogP contribution in [-0.2, 0) is 10.0 Å². The van der Waals surface area contributed by atoms with Crippen LogP contribution in [0.3, 0.4) is 0 Å². The molecule has 0 heterocycles. The van der Waals surface area contributed by atoms with Gasteiger partial charge in [0.25, 0.3) is 0 Å². The molecule has 140 valence electrons. The lowest BCUT2D eigenvalue weighted by Gasteiger charge is -2.13. The highest BCUT2D eigenvalue weighted by Crippen LogP contribution is 2.29. The van der Waals surface area contributed by atoms with Crippen LogP contribution in [0.5, 0.6) is 0 Å². The summed E-state index contributed by atoms with van der Waals surface area (Å²) in [6.07, 6.45) is 0. The number of primary sulfonamides is 1. The molecule has 0 aliphatic rings. The van der Waals surface area contributed by atoms with Crippen LogP contribution >= 0.6 is 12.6 Å². The number of para-hydroxylation sites is 1. The van der Waals surface area contributed by atoms with Gasteiger partial charge in [-0.05, 0) is 31.2 Å². The molecule has 0 unspecified atom stereocenters. The monoisotopic (exact) mass is 395 g/mol. The molecule has 0 atom stereocenters. The number of rotatable bonds is 5. The number of carbonyl (C=O) groups is 1. The van der Waals surface area contributed by atoms with Gasteiger partial charge in [0.15, 0.2) is 0 Å². The van der Waals surface area contributed by atoms with Crippen molar-refractivity contribution in [3.05, 3.63) is 60.2 Å². The van der Waals surface area contributed by atoms with Gasteiger partial charge in [-0.15, -0.1) is 12.6 Å². The van der Waals surface area contributed by atoms with Gasteiger partial charge in [0, 0.05) is 17.1 Å². The van der Waals surface area contributed by atoms with Crippen LogP contribution in [-0.4, -0.2) is 26.0 Å². The number of hydrogen-bond acceptors (Lipinski definition) is 6. The van der Waals surface area contributed by atoms with Crippen molar-refractivity contribution in [1.29, 1.82) is 0 Å². The highest BCUT2D eigenvalue weighted by Gasteiger charge is 2.19. The number of carboxylic acid groups (broad SMARTS) is 1. The van der Waals surface area contributed by atoms with Crippen LogP contribution < -0.4 is 16.2 Å². The predicted octanol–water partition coefficient (Wildman–Crippen LogP) is 2.58. The third-order valence-electron chi connectivity index (χ3n) is 3.01. The van der Waals surface area contributed by atoms with Gasteiger partial charge in [-0.2, -0.15) is 0 Å². The minimum atomic E-state index is -4.05. The van der Waals surface area contributed by atoms with E-state index in [1.165, 1.54) is 6.07 Å². The zero-order valence-corrected chi connectivity index (χ0v) is 15.8. The van der Waals surface area contributed by atoms with E-state index in [1.807, 2.05) is 30.3 Å². The normalized spacial score (nSPS) is 10.4. The molecule has 0 spiro atoms. The van der Waals surface area contributed by atoms with Crippen molar-refractivity contribution in [2.75, 3.05) is 17.6 Å². The number of aromatic carboxylic acids is 1. The average molecular weight is 396 g/mol. The molecule has 0 fully saturated rings. The molecule has 0 saturated heterocycles. The third kappa shape index (κ3) is 6.79. The molecule has 7 nitrogen and oxygen atoms in total. The van der Waals surface area contributed by atoms with E-state index in [-0.39, 0.29) is 21.0 Å². The Kier molecular flexibility index (Phi) is 7.69. The highest BCUT2D eigenvalue weighted by molar-refractivity contribution is 7.90. The summed E-state index contributed by atoms with van der Waals surface area (Å²) >= 11 is 4.08. The van der Waals surface area contributed by atoms with Crippen molar-refractivity contribution >= 4 is 40.0 Å². The van der Waals surface area contributed by atoms with Crippen molar-refractivity contribution in [1.82, 2.24) is 0 Å². The summed E-state index contributed by atoms with van der Waals surface area (Å²) < 4.78 is 22.8. The van der Waals surface area contributed by atoms with Crippen LogP contribution in [0.2, 0.25) is 0 Å². The predicted molar refractivity (Wildman–Crippen MR) is 106 cm³/mol. The maximum Gasteiger partial charge on any atom is 0.335 e. The van der Waals surface area contributed by atoms with Crippen molar-refractivity contribution in [3.8, 4) is 0 Å². The average Bonchev–Trinajstić information content (AvgIpc) is 2.53. The maximum absolute atomic E-state index is 11.4. The molecule has 26 heavy (non-hydrogen) atoms. The Balaban J connectivity index is 0.000000401. The van der Waals surface area contributed by atoms with Gasteiger partial charge in [-0.3, -0.25) is 0 Å². The largest absolute Gasteiger partial charge is 0.478 e. The molecule has 0 aromatic heterocycles. The van der Waals surface area contributed by atoms with Crippen LogP contribution in [0, 0.1) is 0 Å². The fraction of sp³-hybridized carbons (Fsp3) is 0.118. The number of sulfonamides is 1. The lowest BCUT2D eigenvalue weighted by molar-refractivity contribution is 0.0696. The number of nitrogens with one attached hydrogen (secondary N) is 1. The van der Waals surface area contributed by atoms with Gasteiger partial charge in [-0.1, -0.05) is 30.4 Å². The van der Waals surface area contributed by atoms with Crippen molar-refractivity contribution < 1.29 is 18.3 Å². The van der Waals surface area contributed by atoms with Gasteiger partial charge in [0.1, 0.15) is 0 Å². The third-order valence-corrected chi connectivity index (χ3v) is 4.58. The van der Waals surface area contributed by atoms with E-state index < -0.39 is 16.0 Å². The molecular weight excluding hydrogens is 374 g/mol. The molecular formula is C17H21N3O4S2. The van der Waals surface area contributed by atoms with Gasteiger partial charge in [-0.25, -0.2) is 18.4 Å². The first kappa shape index (κ1) is 21.6. The Morgan fingerprint density at radius 2 is 1.85 bits per heavy atom. The zero-order valence-electron chi connectivity index (χ0n) is 14.1. The standard InChI is InChI=1S/C11H14N2O4S2.C6H7N/c1-6(2)5-13-8-3-7(11(14)15)4-9(10(8)18)19(12,16)17;7-6-4-2-1-3-5-6/h3-4,13,18H,1,5H2,2H3,(H,14,15)(H2,12,16,17);1-5H,7H2. The molecule has 2 rings (SSSR count). The smallest absolute Gasteiger partial charge is 0.335 e. The SMILES string of the molecule is C=C(C)CNc1cc(C(=O)O)cc(S(N)(=O)=O)c1S.Nc1ccccc1. The molecule has 0 saturated carbocycles. The number of nitrogens with two attached hydrogens (primary N) is 2. The van der Waals surface area contributed by atoms with Crippen LogP contribution in [0.15, 0.2) is 64.4 Å². The molecule has 9 heteroatoms. The Morgan fingerprint density at radius 3 is 2.23 bits per heavy atom. The van der Waals surface area contributed by atoms with Gasteiger partial charge in [0.2, 0.25) is 10.0 Å². The fourth-order valence-corrected chi connectivity index (χ4v) is 3.04. The fourth-order valence-electron chi connectivity index (χ4n) is 1.78. The van der Waals surface area contributed by atoms with Crippen molar-refractivity contribution in [3.63, 3.8) is 0 Å². The van der Waals surface area contributed by atoms with Gasteiger partial charge >= 0.3 is 5.97 Å². The molecule has 0 bridgehead atoms. The number of benzene rings is 2. The maximum atomic E-state index is 11.4. The number of nitrogen functional groups attached to an aromatic ring is 1. The van der Waals surface area contributed by atoms with Crippen LogP contribution in [0.25, 0.3) is 0 Å². The van der Waals surface area contributed by atoms with E-state index in [0.29, 0.717) is 6.54 Å². The topological polar surface area (TPSA) is 136 Å². The van der Waals surface area contributed by atoms with Crippen LogP contribution in [0.4, 0.5) is 11.4 Å². The van der Waals surface area contributed by atoms with E-state index in [9.17, 15) is 13.2 Å². The second-order valence-corrected chi connectivity index (χ2v) is 7.42. The highest BCUT2D eigenvalue weighted by atomic mass is 32.2. The van der Waals surface area contributed by atoms with E-state index in [4.69, 9.17) is 16.0 Å². The summed E-state index contributed by atoms with van der Waals surface area (Å²) in [7, 11) is -4.05. The van der Waals surface area contributed by atoms with E-state index >= 15 is 0 Å². The Labute approximate surface area is 158 Å².